The second kappa shape index (κ2) is 8.53. The Morgan fingerprint density at radius 2 is 2.09 bits per heavy atom. The second-order valence-corrected chi connectivity index (χ2v) is 5.54. The lowest BCUT2D eigenvalue weighted by Gasteiger charge is -2.23. The Morgan fingerprint density at radius 3 is 2.65 bits per heavy atom. The van der Waals surface area contributed by atoms with Crippen molar-refractivity contribution in [3.05, 3.63) is 24.3 Å². The van der Waals surface area contributed by atoms with Crippen molar-refractivity contribution < 1.29 is 19.1 Å². The summed E-state index contributed by atoms with van der Waals surface area (Å²) in [7, 11) is 0. The Labute approximate surface area is 136 Å². The summed E-state index contributed by atoms with van der Waals surface area (Å²) in [5.41, 5.74) is 0.680. The van der Waals surface area contributed by atoms with Crippen molar-refractivity contribution >= 4 is 17.5 Å². The highest BCUT2D eigenvalue weighted by atomic mass is 16.5. The maximum atomic E-state index is 12.1. The zero-order valence-corrected chi connectivity index (χ0v) is 13.7. The van der Waals surface area contributed by atoms with Gasteiger partial charge in [-0.25, -0.2) is 0 Å². The van der Waals surface area contributed by atoms with Gasteiger partial charge in [0.2, 0.25) is 11.8 Å². The van der Waals surface area contributed by atoms with Crippen LogP contribution in [-0.4, -0.2) is 49.1 Å². The van der Waals surface area contributed by atoms with Crippen LogP contribution in [0.1, 0.15) is 26.7 Å². The van der Waals surface area contributed by atoms with E-state index in [0.29, 0.717) is 18.8 Å². The van der Waals surface area contributed by atoms with Gasteiger partial charge >= 0.3 is 0 Å². The number of carbonyl (C=O) groups excluding carboxylic acids is 2. The van der Waals surface area contributed by atoms with E-state index in [1.54, 1.807) is 24.3 Å². The summed E-state index contributed by atoms with van der Waals surface area (Å²) < 4.78 is 10.9. The standard InChI is InChI=1S/C17H24N2O4/c1-3-22-15-8-6-14(7-9-15)18-17(21)12-19(13(2)20)11-16-5-4-10-23-16/h6-9,16H,3-5,10-12H2,1-2H3,(H,18,21). The first-order valence-corrected chi connectivity index (χ1v) is 7.98. The number of amides is 2. The van der Waals surface area contributed by atoms with Gasteiger partial charge in [0.05, 0.1) is 19.3 Å². The van der Waals surface area contributed by atoms with Crippen LogP contribution in [0.4, 0.5) is 5.69 Å². The molecule has 1 aliphatic heterocycles. The van der Waals surface area contributed by atoms with Crippen LogP contribution >= 0.6 is 0 Å². The molecule has 23 heavy (non-hydrogen) atoms. The molecule has 1 aromatic carbocycles. The molecule has 126 valence electrons. The Kier molecular flexibility index (Phi) is 6.40. The molecule has 1 unspecified atom stereocenters. The Morgan fingerprint density at radius 1 is 1.35 bits per heavy atom. The zero-order valence-electron chi connectivity index (χ0n) is 13.7. The summed E-state index contributed by atoms with van der Waals surface area (Å²) in [5.74, 6) is 0.416. The normalized spacial score (nSPS) is 16.9. The van der Waals surface area contributed by atoms with E-state index < -0.39 is 0 Å². The third-order valence-electron chi connectivity index (χ3n) is 3.68. The van der Waals surface area contributed by atoms with E-state index in [1.807, 2.05) is 6.92 Å². The molecular formula is C17H24N2O4. The van der Waals surface area contributed by atoms with Gasteiger partial charge in [-0.3, -0.25) is 9.59 Å². The summed E-state index contributed by atoms with van der Waals surface area (Å²) in [6.45, 7) is 5.21. The first-order valence-electron chi connectivity index (χ1n) is 7.98. The van der Waals surface area contributed by atoms with E-state index in [9.17, 15) is 9.59 Å². The number of nitrogens with one attached hydrogen (secondary N) is 1. The lowest BCUT2D eigenvalue weighted by Crippen LogP contribution is -2.41. The molecule has 0 aliphatic carbocycles. The fourth-order valence-corrected chi connectivity index (χ4v) is 2.51. The van der Waals surface area contributed by atoms with Gasteiger partial charge in [-0.2, -0.15) is 0 Å². The molecule has 2 amide bonds. The number of carbonyl (C=O) groups is 2. The number of ether oxygens (including phenoxy) is 2. The zero-order chi connectivity index (χ0) is 16.7. The SMILES string of the molecule is CCOc1ccc(NC(=O)CN(CC2CCCO2)C(C)=O)cc1. The Bertz CT molecular complexity index is 524. The molecule has 6 heteroatoms. The number of rotatable bonds is 7. The molecule has 1 saturated heterocycles. The van der Waals surface area contributed by atoms with Crippen molar-refractivity contribution in [2.45, 2.75) is 32.8 Å². The summed E-state index contributed by atoms with van der Waals surface area (Å²) in [6, 6.07) is 7.16. The smallest absolute Gasteiger partial charge is 0.243 e. The van der Waals surface area contributed by atoms with Gasteiger partial charge in [0, 0.05) is 25.8 Å². The molecule has 1 heterocycles. The highest BCUT2D eigenvalue weighted by molar-refractivity contribution is 5.94. The lowest BCUT2D eigenvalue weighted by molar-refractivity contribution is -0.134. The van der Waals surface area contributed by atoms with Gasteiger partial charge in [-0.15, -0.1) is 0 Å². The van der Waals surface area contributed by atoms with Crippen LogP contribution in [0, 0.1) is 0 Å². The third kappa shape index (κ3) is 5.56. The van der Waals surface area contributed by atoms with Crippen LogP contribution in [0.2, 0.25) is 0 Å². The van der Waals surface area contributed by atoms with Crippen LogP contribution in [0.25, 0.3) is 0 Å². The fourth-order valence-electron chi connectivity index (χ4n) is 2.51. The molecule has 0 spiro atoms. The molecule has 0 saturated carbocycles. The third-order valence-corrected chi connectivity index (χ3v) is 3.68. The summed E-state index contributed by atoms with van der Waals surface area (Å²) >= 11 is 0. The molecule has 6 nitrogen and oxygen atoms in total. The van der Waals surface area contributed by atoms with Gasteiger partial charge < -0.3 is 19.7 Å². The first-order chi connectivity index (χ1) is 11.1. The molecular weight excluding hydrogens is 296 g/mol. The highest BCUT2D eigenvalue weighted by Crippen LogP contribution is 2.16. The minimum atomic E-state index is -0.220. The largest absolute Gasteiger partial charge is 0.494 e. The predicted molar refractivity (Wildman–Crippen MR) is 87.5 cm³/mol. The number of hydrogen-bond donors (Lipinski definition) is 1. The van der Waals surface area contributed by atoms with Crippen LogP contribution < -0.4 is 10.1 Å². The lowest BCUT2D eigenvalue weighted by atomic mass is 10.2. The van der Waals surface area contributed by atoms with E-state index in [1.165, 1.54) is 11.8 Å². The topological polar surface area (TPSA) is 67.9 Å². The quantitative estimate of drug-likeness (QED) is 0.835. The molecule has 1 fully saturated rings. The van der Waals surface area contributed by atoms with Crippen LogP contribution in [0.5, 0.6) is 5.75 Å². The van der Waals surface area contributed by atoms with Crippen LogP contribution in [0.15, 0.2) is 24.3 Å². The molecule has 0 radical (unpaired) electrons. The minimum absolute atomic E-state index is 0.0302. The van der Waals surface area contributed by atoms with Crippen molar-refractivity contribution in [1.82, 2.24) is 4.90 Å². The minimum Gasteiger partial charge on any atom is -0.494 e. The monoisotopic (exact) mass is 320 g/mol. The summed E-state index contributed by atoms with van der Waals surface area (Å²) in [6.07, 6.45) is 1.98. The maximum absolute atomic E-state index is 12.1. The average molecular weight is 320 g/mol. The van der Waals surface area contributed by atoms with Crippen molar-refractivity contribution in [3.8, 4) is 5.75 Å². The van der Waals surface area contributed by atoms with E-state index in [-0.39, 0.29) is 24.5 Å². The average Bonchev–Trinajstić information content (AvgIpc) is 3.02. The van der Waals surface area contributed by atoms with Gasteiger partial charge in [0.1, 0.15) is 5.75 Å². The van der Waals surface area contributed by atoms with Crippen LogP contribution in [-0.2, 0) is 14.3 Å². The van der Waals surface area contributed by atoms with Crippen molar-refractivity contribution in [1.29, 1.82) is 0 Å². The second-order valence-electron chi connectivity index (χ2n) is 5.54. The van der Waals surface area contributed by atoms with E-state index >= 15 is 0 Å². The number of nitrogens with zero attached hydrogens (tertiary/aromatic N) is 1. The number of hydrogen-bond acceptors (Lipinski definition) is 4. The predicted octanol–water partition coefficient (Wildman–Crippen LogP) is 2.05. The van der Waals surface area contributed by atoms with Gasteiger partial charge in [0.15, 0.2) is 0 Å². The number of anilines is 1. The molecule has 1 N–H and O–H groups in total. The summed E-state index contributed by atoms with van der Waals surface area (Å²) in [5, 5.41) is 2.79. The molecule has 0 aromatic heterocycles. The molecule has 1 aromatic rings. The van der Waals surface area contributed by atoms with E-state index in [4.69, 9.17) is 9.47 Å². The van der Waals surface area contributed by atoms with Gasteiger partial charge in [-0.1, -0.05) is 0 Å². The first kappa shape index (κ1) is 17.3. The van der Waals surface area contributed by atoms with Crippen molar-refractivity contribution in [3.63, 3.8) is 0 Å². The summed E-state index contributed by atoms with van der Waals surface area (Å²) in [4.78, 5) is 25.4. The molecule has 1 aliphatic rings. The Balaban J connectivity index is 1.86. The van der Waals surface area contributed by atoms with Crippen molar-refractivity contribution in [2.75, 3.05) is 31.6 Å². The van der Waals surface area contributed by atoms with E-state index in [2.05, 4.69) is 5.32 Å². The van der Waals surface area contributed by atoms with Crippen molar-refractivity contribution in [2.24, 2.45) is 0 Å². The molecule has 0 bridgehead atoms. The Hall–Kier alpha value is -2.08. The van der Waals surface area contributed by atoms with Crippen LogP contribution in [0.3, 0.4) is 0 Å². The van der Waals surface area contributed by atoms with Gasteiger partial charge in [0.25, 0.3) is 0 Å². The molecule has 2 rings (SSSR count). The van der Waals surface area contributed by atoms with E-state index in [0.717, 1.165) is 25.2 Å². The van der Waals surface area contributed by atoms with Gasteiger partial charge in [-0.05, 0) is 44.0 Å². The number of benzene rings is 1. The fraction of sp³-hybridized carbons (Fsp3) is 0.529. The highest BCUT2D eigenvalue weighted by Gasteiger charge is 2.22. The maximum Gasteiger partial charge on any atom is 0.243 e. The molecule has 1 atom stereocenters.